The molecule has 1 amide bonds. The van der Waals surface area contributed by atoms with Crippen molar-refractivity contribution in [2.75, 3.05) is 13.2 Å². The van der Waals surface area contributed by atoms with E-state index in [4.69, 9.17) is 4.74 Å². The summed E-state index contributed by atoms with van der Waals surface area (Å²) in [5, 5.41) is 2.77. The zero-order valence-corrected chi connectivity index (χ0v) is 8.12. The van der Waals surface area contributed by atoms with Crippen LogP contribution in [0.5, 0.6) is 0 Å². The predicted molar refractivity (Wildman–Crippen MR) is 53.1 cm³/mol. The summed E-state index contributed by atoms with van der Waals surface area (Å²) in [6.45, 7) is 3.34. The van der Waals surface area contributed by atoms with Crippen LogP contribution in [0.15, 0.2) is 24.3 Å². The number of hydrogen-bond donors (Lipinski definition) is 1. The normalized spacial score (nSPS) is 19.1. The largest absolute Gasteiger partial charge is 0.368 e. The summed E-state index contributed by atoms with van der Waals surface area (Å²) >= 11 is 0. The number of epoxide rings is 1. The second kappa shape index (κ2) is 3.80. The van der Waals surface area contributed by atoms with Gasteiger partial charge in [0.05, 0.1) is 6.61 Å². The Morgan fingerprint density at radius 1 is 1.64 bits per heavy atom. The first kappa shape index (κ1) is 9.21. The zero-order chi connectivity index (χ0) is 9.97. The average Bonchev–Trinajstić information content (AvgIpc) is 3.02. The van der Waals surface area contributed by atoms with Gasteiger partial charge in [-0.3, -0.25) is 4.79 Å². The molecule has 0 bridgehead atoms. The SMILES string of the molecule is CCNC(=O)c1cccc([C@@H]2CO2)c1. The van der Waals surface area contributed by atoms with Crippen molar-refractivity contribution in [3.05, 3.63) is 35.4 Å². The predicted octanol–water partition coefficient (Wildman–Crippen LogP) is 1.51. The maximum atomic E-state index is 11.5. The molecule has 1 aromatic rings. The molecule has 2 rings (SSSR count). The van der Waals surface area contributed by atoms with Crippen LogP contribution in [0, 0.1) is 0 Å². The maximum absolute atomic E-state index is 11.5. The Morgan fingerprint density at radius 2 is 2.43 bits per heavy atom. The lowest BCUT2D eigenvalue weighted by molar-refractivity contribution is 0.0955. The highest BCUT2D eigenvalue weighted by molar-refractivity contribution is 5.94. The zero-order valence-electron chi connectivity index (χ0n) is 8.12. The molecule has 0 saturated carbocycles. The number of benzene rings is 1. The van der Waals surface area contributed by atoms with Gasteiger partial charge in [-0.05, 0) is 24.6 Å². The fourth-order valence-corrected chi connectivity index (χ4v) is 1.38. The summed E-state index contributed by atoms with van der Waals surface area (Å²) in [6, 6.07) is 7.58. The molecule has 3 heteroatoms. The first-order chi connectivity index (χ1) is 6.81. The Morgan fingerprint density at radius 3 is 3.07 bits per heavy atom. The molecule has 74 valence electrons. The topological polar surface area (TPSA) is 41.6 Å². The van der Waals surface area contributed by atoms with Crippen molar-refractivity contribution in [1.29, 1.82) is 0 Å². The van der Waals surface area contributed by atoms with Gasteiger partial charge in [0.2, 0.25) is 0 Å². The average molecular weight is 191 g/mol. The lowest BCUT2D eigenvalue weighted by atomic mass is 10.1. The van der Waals surface area contributed by atoms with Gasteiger partial charge in [0, 0.05) is 12.1 Å². The Labute approximate surface area is 83.1 Å². The first-order valence-corrected chi connectivity index (χ1v) is 4.81. The molecule has 1 N–H and O–H groups in total. The Kier molecular flexibility index (Phi) is 2.50. The number of carbonyl (C=O) groups is 1. The first-order valence-electron chi connectivity index (χ1n) is 4.81. The fourth-order valence-electron chi connectivity index (χ4n) is 1.38. The van der Waals surface area contributed by atoms with Crippen molar-refractivity contribution in [3.8, 4) is 0 Å². The van der Waals surface area contributed by atoms with Crippen molar-refractivity contribution in [2.45, 2.75) is 13.0 Å². The molecule has 0 radical (unpaired) electrons. The maximum Gasteiger partial charge on any atom is 0.251 e. The summed E-state index contributed by atoms with van der Waals surface area (Å²) < 4.78 is 5.16. The van der Waals surface area contributed by atoms with Crippen molar-refractivity contribution in [1.82, 2.24) is 5.32 Å². The second-order valence-corrected chi connectivity index (χ2v) is 3.31. The molecule has 0 aliphatic carbocycles. The van der Waals surface area contributed by atoms with E-state index in [1.54, 1.807) is 0 Å². The molecule has 3 nitrogen and oxygen atoms in total. The highest BCUT2D eigenvalue weighted by Gasteiger charge is 2.25. The summed E-state index contributed by atoms with van der Waals surface area (Å²) in [6.07, 6.45) is 0.212. The third-order valence-corrected chi connectivity index (χ3v) is 2.19. The summed E-state index contributed by atoms with van der Waals surface area (Å²) in [4.78, 5) is 11.5. The van der Waals surface area contributed by atoms with Crippen LogP contribution in [-0.2, 0) is 4.74 Å². The van der Waals surface area contributed by atoms with Gasteiger partial charge in [-0.25, -0.2) is 0 Å². The van der Waals surface area contributed by atoms with E-state index < -0.39 is 0 Å². The smallest absolute Gasteiger partial charge is 0.251 e. The van der Waals surface area contributed by atoms with Gasteiger partial charge in [0.1, 0.15) is 6.10 Å². The number of hydrogen-bond acceptors (Lipinski definition) is 2. The van der Waals surface area contributed by atoms with E-state index in [0.29, 0.717) is 12.1 Å². The van der Waals surface area contributed by atoms with E-state index in [2.05, 4.69) is 5.32 Å². The van der Waals surface area contributed by atoms with Crippen LogP contribution >= 0.6 is 0 Å². The summed E-state index contributed by atoms with van der Waals surface area (Å²) in [7, 11) is 0. The highest BCUT2D eigenvalue weighted by Crippen LogP contribution is 2.29. The second-order valence-electron chi connectivity index (χ2n) is 3.31. The van der Waals surface area contributed by atoms with Gasteiger partial charge in [-0.1, -0.05) is 12.1 Å². The van der Waals surface area contributed by atoms with Crippen molar-refractivity contribution in [3.63, 3.8) is 0 Å². The number of carbonyl (C=O) groups excluding carboxylic acids is 1. The van der Waals surface area contributed by atoms with Gasteiger partial charge in [0.15, 0.2) is 0 Å². The molecule has 1 aliphatic heterocycles. The van der Waals surface area contributed by atoms with Crippen molar-refractivity contribution in [2.24, 2.45) is 0 Å². The van der Waals surface area contributed by atoms with E-state index in [-0.39, 0.29) is 12.0 Å². The van der Waals surface area contributed by atoms with Gasteiger partial charge in [-0.15, -0.1) is 0 Å². The molecule has 1 aliphatic rings. The summed E-state index contributed by atoms with van der Waals surface area (Å²) in [5.74, 6) is -0.0185. The number of rotatable bonds is 3. The van der Waals surface area contributed by atoms with Crippen molar-refractivity contribution >= 4 is 5.91 Å². The van der Waals surface area contributed by atoms with Gasteiger partial charge >= 0.3 is 0 Å². The van der Waals surface area contributed by atoms with Gasteiger partial charge < -0.3 is 10.1 Å². The van der Waals surface area contributed by atoms with E-state index in [1.807, 2.05) is 31.2 Å². The molecule has 1 fully saturated rings. The lowest BCUT2D eigenvalue weighted by Crippen LogP contribution is -2.22. The number of nitrogens with one attached hydrogen (secondary N) is 1. The van der Waals surface area contributed by atoms with E-state index in [9.17, 15) is 4.79 Å². The third kappa shape index (κ3) is 1.93. The molecule has 1 heterocycles. The van der Waals surface area contributed by atoms with Crippen LogP contribution in [0.2, 0.25) is 0 Å². The van der Waals surface area contributed by atoms with Gasteiger partial charge in [-0.2, -0.15) is 0 Å². The monoisotopic (exact) mass is 191 g/mol. The quantitative estimate of drug-likeness (QED) is 0.736. The van der Waals surface area contributed by atoms with E-state index in [1.165, 1.54) is 0 Å². The van der Waals surface area contributed by atoms with Crippen LogP contribution in [0.3, 0.4) is 0 Å². The molecular formula is C11H13NO2. The molecular weight excluding hydrogens is 178 g/mol. The molecule has 1 atom stereocenters. The minimum absolute atomic E-state index is 0.0185. The van der Waals surface area contributed by atoms with Crippen LogP contribution in [0.4, 0.5) is 0 Å². The van der Waals surface area contributed by atoms with E-state index >= 15 is 0 Å². The number of ether oxygens (including phenoxy) is 1. The van der Waals surface area contributed by atoms with Crippen LogP contribution in [0.25, 0.3) is 0 Å². The standard InChI is InChI=1S/C11H13NO2/c1-2-12-11(13)9-5-3-4-8(6-9)10-7-14-10/h3-6,10H,2,7H2,1H3,(H,12,13)/t10-/m0/s1. The van der Waals surface area contributed by atoms with Crippen LogP contribution in [-0.4, -0.2) is 19.1 Å². The molecule has 14 heavy (non-hydrogen) atoms. The fraction of sp³-hybridized carbons (Fsp3) is 0.364. The van der Waals surface area contributed by atoms with E-state index in [0.717, 1.165) is 12.2 Å². The van der Waals surface area contributed by atoms with Crippen LogP contribution in [0.1, 0.15) is 28.9 Å². The molecule has 0 aromatic heterocycles. The summed E-state index contributed by atoms with van der Waals surface area (Å²) in [5.41, 5.74) is 1.80. The third-order valence-electron chi connectivity index (χ3n) is 2.19. The molecule has 1 saturated heterocycles. The van der Waals surface area contributed by atoms with Crippen molar-refractivity contribution < 1.29 is 9.53 Å². The van der Waals surface area contributed by atoms with Crippen LogP contribution < -0.4 is 5.32 Å². The Balaban J connectivity index is 2.16. The lowest BCUT2D eigenvalue weighted by Gasteiger charge is -2.03. The number of amides is 1. The Hall–Kier alpha value is -1.35. The molecule has 1 aromatic carbocycles. The molecule has 0 spiro atoms. The highest BCUT2D eigenvalue weighted by atomic mass is 16.6. The van der Waals surface area contributed by atoms with Gasteiger partial charge in [0.25, 0.3) is 5.91 Å². The molecule has 0 unspecified atom stereocenters. The minimum atomic E-state index is -0.0185. The Bertz CT molecular complexity index is 345. The minimum Gasteiger partial charge on any atom is -0.368 e.